The molecule has 0 saturated heterocycles. The van der Waals surface area contributed by atoms with Gasteiger partial charge in [-0.15, -0.1) is 0 Å². The first-order valence-electron chi connectivity index (χ1n) is 6.16. The number of nitrogens with one attached hydrogen (secondary N) is 2. The molecule has 3 heterocycles. The first-order valence-corrected chi connectivity index (χ1v) is 6.16. The Kier molecular flexibility index (Phi) is 2.47. The minimum atomic E-state index is -0.489. The van der Waals surface area contributed by atoms with E-state index in [4.69, 9.17) is 4.42 Å². The number of hydrogen-bond acceptors (Lipinski definition) is 4. The molecule has 0 unspecified atom stereocenters. The number of nitrogens with zero attached hydrogens (tertiary/aromatic N) is 2. The molecule has 7 nitrogen and oxygen atoms in total. The monoisotopic (exact) mass is 274 g/mol. The first kappa shape index (κ1) is 12.5. The lowest BCUT2D eigenvalue weighted by molar-refractivity contribution is 0.503. The molecule has 0 saturated carbocycles. The third-order valence-electron chi connectivity index (χ3n) is 3.55. The van der Waals surface area contributed by atoms with Gasteiger partial charge in [0.15, 0.2) is 5.65 Å². The fraction of sp³-hybridized carbons (Fsp3) is 0.308. The Balaban J connectivity index is 2.40. The molecular formula is C13H14N4O3. The summed E-state index contributed by atoms with van der Waals surface area (Å²) in [5.74, 6) is 2.06. The Labute approximate surface area is 113 Å². The average molecular weight is 274 g/mol. The van der Waals surface area contributed by atoms with Crippen LogP contribution in [0.2, 0.25) is 0 Å². The van der Waals surface area contributed by atoms with Gasteiger partial charge in [-0.05, 0) is 20.8 Å². The van der Waals surface area contributed by atoms with Gasteiger partial charge in [0.2, 0.25) is 0 Å². The van der Waals surface area contributed by atoms with Gasteiger partial charge in [-0.2, -0.15) is 0 Å². The highest BCUT2D eigenvalue weighted by atomic mass is 16.3. The number of aryl methyl sites for hydroxylation is 3. The largest absolute Gasteiger partial charge is 0.466 e. The van der Waals surface area contributed by atoms with Crippen LogP contribution in [0.1, 0.15) is 17.1 Å². The van der Waals surface area contributed by atoms with Crippen LogP contribution in [0.3, 0.4) is 0 Å². The lowest BCUT2D eigenvalue weighted by Crippen LogP contribution is -2.28. The van der Waals surface area contributed by atoms with E-state index >= 15 is 0 Å². The van der Waals surface area contributed by atoms with Crippen LogP contribution >= 0.6 is 0 Å². The van der Waals surface area contributed by atoms with E-state index in [9.17, 15) is 9.59 Å². The smallest absolute Gasteiger partial charge is 0.329 e. The molecule has 0 aliphatic rings. The van der Waals surface area contributed by atoms with E-state index < -0.39 is 11.2 Å². The second-order valence-electron chi connectivity index (χ2n) is 4.82. The number of H-pyrrole nitrogens is 2. The SMILES string of the molecule is Cc1oc(C)c(-c2nc3c([nH]2)c(=O)[nH]c(=O)n3C)c1C. The van der Waals surface area contributed by atoms with Crippen molar-refractivity contribution in [3.05, 3.63) is 37.9 Å². The second kappa shape index (κ2) is 3.96. The highest BCUT2D eigenvalue weighted by Gasteiger charge is 2.18. The van der Waals surface area contributed by atoms with Gasteiger partial charge in [-0.25, -0.2) is 9.78 Å². The van der Waals surface area contributed by atoms with E-state index in [-0.39, 0.29) is 5.52 Å². The molecule has 3 aromatic rings. The quantitative estimate of drug-likeness (QED) is 0.695. The summed E-state index contributed by atoms with van der Waals surface area (Å²) in [6.07, 6.45) is 0. The maximum Gasteiger partial charge on any atom is 0.329 e. The molecule has 2 N–H and O–H groups in total. The minimum absolute atomic E-state index is 0.278. The van der Waals surface area contributed by atoms with Crippen LogP contribution in [-0.4, -0.2) is 19.5 Å². The third-order valence-corrected chi connectivity index (χ3v) is 3.55. The van der Waals surface area contributed by atoms with E-state index in [0.29, 0.717) is 11.5 Å². The lowest BCUT2D eigenvalue weighted by atomic mass is 10.1. The van der Waals surface area contributed by atoms with Gasteiger partial charge in [0, 0.05) is 12.6 Å². The molecule has 3 rings (SSSR count). The Hall–Kier alpha value is -2.57. The van der Waals surface area contributed by atoms with Gasteiger partial charge in [-0.1, -0.05) is 0 Å². The van der Waals surface area contributed by atoms with Crippen molar-refractivity contribution in [2.45, 2.75) is 20.8 Å². The van der Waals surface area contributed by atoms with Crippen LogP contribution in [0.15, 0.2) is 14.0 Å². The van der Waals surface area contributed by atoms with Crippen LogP contribution in [-0.2, 0) is 7.05 Å². The van der Waals surface area contributed by atoms with E-state index in [1.165, 1.54) is 4.57 Å². The molecule has 0 spiro atoms. The van der Waals surface area contributed by atoms with Crippen molar-refractivity contribution in [2.75, 3.05) is 0 Å². The number of imidazole rings is 1. The van der Waals surface area contributed by atoms with Crippen molar-refractivity contribution >= 4 is 11.2 Å². The van der Waals surface area contributed by atoms with Crippen molar-refractivity contribution in [3.63, 3.8) is 0 Å². The van der Waals surface area contributed by atoms with Crippen LogP contribution in [0.4, 0.5) is 0 Å². The maximum absolute atomic E-state index is 11.8. The standard InChI is InChI=1S/C13H14N4O3/c1-5-6(2)20-7(3)8(5)10-14-9-11(15-10)17(4)13(19)16-12(9)18/h1-4H3,(H,14,15)(H,16,18,19). The summed E-state index contributed by atoms with van der Waals surface area (Å²) < 4.78 is 6.87. The normalized spacial score (nSPS) is 11.4. The van der Waals surface area contributed by atoms with E-state index in [1.54, 1.807) is 7.05 Å². The summed E-state index contributed by atoms with van der Waals surface area (Å²) in [5.41, 5.74) is 1.43. The second-order valence-corrected chi connectivity index (χ2v) is 4.82. The van der Waals surface area contributed by atoms with Crippen LogP contribution in [0, 0.1) is 20.8 Å². The van der Waals surface area contributed by atoms with Crippen molar-refractivity contribution in [2.24, 2.45) is 7.05 Å². The van der Waals surface area contributed by atoms with Crippen molar-refractivity contribution in [1.82, 2.24) is 19.5 Å². The van der Waals surface area contributed by atoms with Crippen LogP contribution in [0.5, 0.6) is 0 Å². The molecule has 0 atom stereocenters. The number of furan rings is 1. The van der Waals surface area contributed by atoms with Gasteiger partial charge in [0.05, 0.1) is 5.56 Å². The molecule has 104 valence electrons. The summed E-state index contributed by atoms with van der Waals surface area (Å²) in [7, 11) is 1.56. The van der Waals surface area contributed by atoms with E-state index in [2.05, 4.69) is 15.0 Å². The molecule has 0 radical (unpaired) electrons. The van der Waals surface area contributed by atoms with Crippen molar-refractivity contribution < 1.29 is 4.42 Å². The maximum atomic E-state index is 11.8. The Morgan fingerprint density at radius 3 is 2.40 bits per heavy atom. The number of rotatable bonds is 1. The van der Waals surface area contributed by atoms with Gasteiger partial charge in [-0.3, -0.25) is 14.3 Å². The van der Waals surface area contributed by atoms with Crippen LogP contribution < -0.4 is 11.2 Å². The number of fused-ring (bicyclic) bond motifs is 1. The molecular weight excluding hydrogens is 260 g/mol. The van der Waals surface area contributed by atoms with Gasteiger partial charge >= 0.3 is 5.69 Å². The number of aromatic nitrogens is 4. The highest BCUT2D eigenvalue weighted by Crippen LogP contribution is 2.30. The summed E-state index contributed by atoms with van der Waals surface area (Å²) in [6, 6.07) is 0. The fourth-order valence-electron chi connectivity index (χ4n) is 2.36. The van der Waals surface area contributed by atoms with Gasteiger partial charge < -0.3 is 9.40 Å². The Morgan fingerprint density at radius 2 is 1.80 bits per heavy atom. The topological polar surface area (TPSA) is 96.7 Å². The van der Waals surface area contributed by atoms with Crippen LogP contribution in [0.25, 0.3) is 22.6 Å². The fourth-order valence-corrected chi connectivity index (χ4v) is 2.36. The summed E-state index contributed by atoms with van der Waals surface area (Å²) >= 11 is 0. The average Bonchev–Trinajstić information content (AvgIpc) is 2.90. The van der Waals surface area contributed by atoms with Crippen molar-refractivity contribution in [1.29, 1.82) is 0 Å². The predicted octanol–water partition coefficient (Wildman–Crippen LogP) is 1.14. The Morgan fingerprint density at radius 1 is 1.10 bits per heavy atom. The number of aromatic amines is 2. The van der Waals surface area contributed by atoms with E-state index in [0.717, 1.165) is 22.6 Å². The first-order chi connectivity index (χ1) is 9.40. The zero-order chi connectivity index (χ0) is 14.6. The molecule has 20 heavy (non-hydrogen) atoms. The Bertz CT molecular complexity index is 939. The van der Waals surface area contributed by atoms with Gasteiger partial charge in [0.1, 0.15) is 22.9 Å². The molecule has 7 heteroatoms. The third kappa shape index (κ3) is 1.56. The molecule has 0 aliphatic carbocycles. The minimum Gasteiger partial charge on any atom is -0.466 e. The number of hydrogen-bond donors (Lipinski definition) is 2. The molecule has 0 aliphatic heterocycles. The lowest BCUT2D eigenvalue weighted by Gasteiger charge is -1.95. The molecule has 0 bridgehead atoms. The molecule has 0 fully saturated rings. The zero-order valence-corrected chi connectivity index (χ0v) is 11.6. The van der Waals surface area contributed by atoms with Crippen molar-refractivity contribution in [3.8, 4) is 11.4 Å². The summed E-state index contributed by atoms with van der Waals surface area (Å²) in [5, 5.41) is 0. The summed E-state index contributed by atoms with van der Waals surface area (Å²) in [6.45, 7) is 5.64. The van der Waals surface area contributed by atoms with E-state index in [1.807, 2.05) is 20.8 Å². The highest BCUT2D eigenvalue weighted by molar-refractivity contribution is 5.77. The molecule has 0 aromatic carbocycles. The summed E-state index contributed by atoms with van der Waals surface area (Å²) in [4.78, 5) is 33.0. The predicted molar refractivity (Wildman–Crippen MR) is 73.9 cm³/mol. The molecule has 3 aromatic heterocycles. The zero-order valence-electron chi connectivity index (χ0n) is 11.6. The molecule has 0 amide bonds. The van der Waals surface area contributed by atoms with Gasteiger partial charge in [0.25, 0.3) is 5.56 Å².